The van der Waals surface area contributed by atoms with Gasteiger partial charge in [-0.25, -0.2) is 4.79 Å². The Morgan fingerprint density at radius 3 is 2.35 bits per heavy atom. The molecule has 1 aromatic carbocycles. The summed E-state index contributed by atoms with van der Waals surface area (Å²) in [6.45, 7) is 14.6. The number of rotatable bonds is 7. The fourth-order valence-corrected chi connectivity index (χ4v) is 5.75. The Morgan fingerprint density at radius 1 is 1.26 bits per heavy atom. The monoisotopic (exact) mass is 504 g/mol. The number of amides is 3. The summed E-state index contributed by atoms with van der Waals surface area (Å²) < 4.78 is 11.8. The third-order valence-corrected chi connectivity index (χ3v) is 7.42. The molecule has 1 fully saturated rings. The fourth-order valence-electron chi connectivity index (χ4n) is 4.38. The molecule has 0 bridgehead atoms. The van der Waals surface area contributed by atoms with Gasteiger partial charge in [-0.1, -0.05) is 57.2 Å². The summed E-state index contributed by atoms with van der Waals surface area (Å²) in [4.78, 5) is 41.4. The molecule has 9 heteroatoms. The molecule has 2 heterocycles. The van der Waals surface area contributed by atoms with Gasteiger partial charge in [0.25, 0.3) is 11.8 Å². The van der Waals surface area contributed by atoms with Crippen molar-refractivity contribution in [3.63, 3.8) is 0 Å². The third-order valence-electron chi connectivity index (χ3n) is 6.20. The van der Waals surface area contributed by atoms with Crippen molar-refractivity contribution in [2.24, 2.45) is 11.3 Å². The first kappa shape index (κ1) is 26.2. The molecule has 2 aliphatic heterocycles. The van der Waals surface area contributed by atoms with Crippen LogP contribution in [0, 0.1) is 11.3 Å². The standard InChI is InChI=1S/C25H33ClN2O5Si/c1-7-14-32-23(31)27-16-17(24(2,3)4)15-25(27,33-34(5)6)13-12-20(26)28-21(29)18-10-8-9-11-19(18)22(28)30/h7-13,17,20,34H,1,14-16H2,2-6H3/t17-,20?,25+/m0/s1. The molecule has 2 aliphatic rings. The lowest BCUT2D eigenvalue weighted by atomic mass is 9.79. The molecule has 184 valence electrons. The summed E-state index contributed by atoms with van der Waals surface area (Å²) in [7, 11) is -1.65. The molecule has 3 atom stereocenters. The summed E-state index contributed by atoms with van der Waals surface area (Å²) in [5, 5.41) is 0. The molecule has 0 aliphatic carbocycles. The smallest absolute Gasteiger partial charge is 0.412 e. The Morgan fingerprint density at radius 2 is 1.85 bits per heavy atom. The van der Waals surface area contributed by atoms with Crippen LogP contribution in [0.15, 0.2) is 49.1 Å². The Bertz CT molecular complexity index is 970. The molecule has 1 saturated heterocycles. The summed E-state index contributed by atoms with van der Waals surface area (Å²) >= 11 is 6.59. The minimum Gasteiger partial charge on any atom is -0.445 e. The van der Waals surface area contributed by atoms with Gasteiger partial charge in [0.05, 0.1) is 11.1 Å². The number of nitrogens with zero attached hydrogens (tertiary/aromatic N) is 2. The summed E-state index contributed by atoms with van der Waals surface area (Å²) in [5.74, 6) is -0.756. The van der Waals surface area contributed by atoms with Crippen molar-refractivity contribution in [3.05, 3.63) is 60.2 Å². The lowest BCUT2D eigenvalue weighted by Gasteiger charge is -2.37. The minimum absolute atomic E-state index is 0.0849. The van der Waals surface area contributed by atoms with Gasteiger partial charge in [-0.2, -0.15) is 0 Å². The van der Waals surface area contributed by atoms with E-state index < -0.39 is 38.2 Å². The van der Waals surface area contributed by atoms with Crippen molar-refractivity contribution < 1.29 is 23.5 Å². The summed E-state index contributed by atoms with van der Waals surface area (Å²) in [5.41, 5.74) is -1.55. The molecule has 3 amide bonds. The van der Waals surface area contributed by atoms with Crippen LogP contribution >= 0.6 is 11.6 Å². The predicted molar refractivity (Wildman–Crippen MR) is 134 cm³/mol. The number of likely N-dealkylation sites (tertiary alicyclic amines) is 1. The average molecular weight is 505 g/mol. The van der Waals surface area contributed by atoms with E-state index in [0.29, 0.717) is 24.1 Å². The second-order valence-corrected chi connectivity index (χ2v) is 12.8. The lowest BCUT2D eigenvalue weighted by molar-refractivity contribution is -0.0135. The first-order valence-corrected chi connectivity index (χ1v) is 14.7. The zero-order chi connectivity index (χ0) is 25.3. The Hall–Kier alpha value is -2.42. The van der Waals surface area contributed by atoms with Crippen LogP contribution in [0.3, 0.4) is 0 Å². The van der Waals surface area contributed by atoms with Crippen molar-refractivity contribution in [1.82, 2.24) is 9.80 Å². The summed E-state index contributed by atoms with van der Waals surface area (Å²) in [6, 6.07) is 6.64. The number of hydrogen-bond donors (Lipinski definition) is 0. The Balaban J connectivity index is 1.95. The highest BCUT2D eigenvalue weighted by atomic mass is 35.5. The van der Waals surface area contributed by atoms with E-state index in [9.17, 15) is 14.4 Å². The minimum atomic E-state index is -1.65. The zero-order valence-electron chi connectivity index (χ0n) is 20.4. The van der Waals surface area contributed by atoms with Crippen LogP contribution in [-0.2, 0) is 9.16 Å². The number of carbonyl (C=O) groups is 3. The van der Waals surface area contributed by atoms with Crippen molar-refractivity contribution in [2.45, 2.75) is 51.5 Å². The number of carbonyl (C=O) groups excluding carboxylic acids is 3. The fraction of sp³-hybridized carbons (Fsp3) is 0.480. The van der Waals surface area contributed by atoms with E-state index in [-0.39, 0.29) is 17.9 Å². The molecule has 0 radical (unpaired) electrons. The largest absolute Gasteiger partial charge is 0.445 e. The third kappa shape index (κ3) is 5.14. The number of alkyl halides is 1. The highest BCUT2D eigenvalue weighted by Gasteiger charge is 2.51. The topological polar surface area (TPSA) is 76.2 Å². The van der Waals surface area contributed by atoms with E-state index in [0.717, 1.165) is 4.90 Å². The Kier molecular flexibility index (Phi) is 7.74. The van der Waals surface area contributed by atoms with Gasteiger partial charge in [0.1, 0.15) is 12.1 Å². The number of hydrogen-bond acceptors (Lipinski definition) is 5. The Labute approximate surface area is 208 Å². The molecule has 0 spiro atoms. The van der Waals surface area contributed by atoms with Gasteiger partial charge in [-0.15, -0.1) is 0 Å². The molecule has 0 saturated carbocycles. The number of imide groups is 1. The maximum atomic E-state index is 13.0. The van der Waals surface area contributed by atoms with Gasteiger partial charge in [0.2, 0.25) is 0 Å². The average Bonchev–Trinajstić information content (AvgIpc) is 3.26. The van der Waals surface area contributed by atoms with Gasteiger partial charge < -0.3 is 9.16 Å². The second kappa shape index (κ2) is 10.1. The van der Waals surface area contributed by atoms with E-state index in [2.05, 4.69) is 27.4 Å². The van der Waals surface area contributed by atoms with Crippen LogP contribution < -0.4 is 0 Å². The molecular weight excluding hydrogens is 472 g/mol. The molecule has 1 aromatic rings. The zero-order valence-corrected chi connectivity index (χ0v) is 22.3. The van der Waals surface area contributed by atoms with Crippen LogP contribution in [0.5, 0.6) is 0 Å². The van der Waals surface area contributed by atoms with Crippen molar-refractivity contribution in [3.8, 4) is 0 Å². The molecule has 0 N–H and O–H groups in total. The molecule has 3 rings (SSSR count). The molecule has 7 nitrogen and oxygen atoms in total. The van der Waals surface area contributed by atoms with Crippen LogP contribution in [0.1, 0.15) is 47.9 Å². The van der Waals surface area contributed by atoms with Gasteiger partial charge in [0.15, 0.2) is 14.8 Å². The van der Waals surface area contributed by atoms with E-state index in [4.69, 9.17) is 20.8 Å². The highest BCUT2D eigenvalue weighted by molar-refractivity contribution is 6.48. The predicted octanol–water partition coefficient (Wildman–Crippen LogP) is 4.79. The van der Waals surface area contributed by atoms with Crippen LogP contribution in [0.4, 0.5) is 4.79 Å². The van der Waals surface area contributed by atoms with E-state index >= 15 is 0 Å². The van der Waals surface area contributed by atoms with Crippen LogP contribution in [0.25, 0.3) is 0 Å². The number of fused-ring (bicyclic) bond motifs is 1. The van der Waals surface area contributed by atoms with E-state index in [1.807, 2.05) is 13.1 Å². The van der Waals surface area contributed by atoms with Crippen molar-refractivity contribution >= 4 is 38.5 Å². The van der Waals surface area contributed by atoms with Gasteiger partial charge in [0, 0.05) is 13.0 Å². The highest BCUT2D eigenvalue weighted by Crippen LogP contribution is 2.44. The maximum absolute atomic E-state index is 13.0. The quantitative estimate of drug-likeness (QED) is 0.175. The molecular formula is C25H33ClN2O5Si. The molecule has 0 aromatic heterocycles. The second-order valence-electron chi connectivity index (χ2n) is 10.0. The van der Waals surface area contributed by atoms with E-state index in [1.54, 1.807) is 41.3 Å². The number of benzene rings is 1. The molecule has 1 unspecified atom stereocenters. The lowest BCUT2D eigenvalue weighted by Crippen LogP contribution is -2.50. The van der Waals surface area contributed by atoms with Gasteiger partial charge in [-0.3, -0.25) is 19.4 Å². The van der Waals surface area contributed by atoms with Gasteiger partial charge >= 0.3 is 6.09 Å². The van der Waals surface area contributed by atoms with Crippen molar-refractivity contribution in [2.75, 3.05) is 13.2 Å². The first-order chi connectivity index (χ1) is 15.9. The SMILES string of the molecule is C=CCOC(=O)N1C[C@@H](C(C)(C)C)C[C@@]1(C=CC(Cl)N1C(=O)c2ccccc2C1=O)O[SiH](C)C. The van der Waals surface area contributed by atoms with E-state index in [1.165, 1.54) is 6.08 Å². The maximum Gasteiger partial charge on any atom is 0.412 e. The number of halogens is 1. The van der Waals surface area contributed by atoms with Gasteiger partial charge in [-0.05, 0) is 48.7 Å². The first-order valence-electron chi connectivity index (χ1n) is 11.4. The molecule has 34 heavy (non-hydrogen) atoms. The summed E-state index contributed by atoms with van der Waals surface area (Å²) in [6.07, 6.45) is 4.86. The normalized spacial score (nSPS) is 23.7. The number of ether oxygens (including phenoxy) is 1. The van der Waals surface area contributed by atoms with Crippen LogP contribution in [0.2, 0.25) is 13.1 Å². The van der Waals surface area contributed by atoms with Crippen LogP contribution in [-0.4, -0.2) is 61.1 Å². The van der Waals surface area contributed by atoms with Crippen molar-refractivity contribution in [1.29, 1.82) is 0 Å².